The Kier molecular flexibility index (Phi) is 6.95. The lowest BCUT2D eigenvalue weighted by Crippen LogP contribution is -2.45. The number of benzene rings is 1. The molecule has 2 fully saturated rings. The number of amides is 2. The fourth-order valence-electron chi connectivity index (χ4n) is 3.95. The molecular formula is C22H30N2O4. The maximum absolute atomic E-state index is 12.9. The molecular weight excluding hydrogens is 356 g/mol. The number of carbonyl (C=O) groups excluding carboxylic acids is 2. The van der Waals surface area contributed by atoms with Gasteiger partial charge >= 0.3 is 0 Å². The second-order valence-corrected chi connectivity index (χ2v) is 7.42. The van der Waals surface area contributed by atoms with Crippen LogP contribution in [-0.4, -0.2) is 61.5 Å². The monoisotopic (exact) mass is 386 g/mol. The summed E-state index contributed by atoms with van der Waals surface area (Å²) in [6.45, 7) is 7.01. The molecule has 0 aromatic heterocycles. The first-order valence-electron chi connectivity index (χ1n) is 10.1. The third-order valence-electron chi connectivity index (χ3n) is 5.57. The number of rotatable bonds is 6. The first kappa shape index (κ1) is 20.2. The minimum absolute atomic E-state index is 0.0301. The van der Waals surface area contributed by atoms with Crippen molar-refractivity contribution in [3.05, 3.63) is 36.4 Å². The number of methoxy groups -OCH3 is 1. The van der Waals surface area contributed by atoms with E-state index < -0.39 is 0 Å². The van der Waals surface area contributed by atoms with Crippen LogP contribution in [-0.2, 0) is 4.79 Å². The average molecular weight is 386 g/mol. The van der Waals surface area contributed by atoms with E-state index in [1.54, 1.807) is 31.4 Å². The quantitative estimate of drug-likeness (QED) is 0.705. The van der Waals surface area contributed by atoms with Gasteiger partial charge in [-0.05, 0) is 50.3 Å². The molecule has 0 radical (unpaired) electrons. The predicted octanol–water partition coefficient (Wildman–Crippen LogP) is 3.12. The smallest absolute Gasteiger partial charge is 0.253 e. The van der Waals surface area contributed by atoms with Gasteiger partial charge in [-0.3, -0.25) is 9.59 Å². The van der Waals surface area contributed by atoms with Crippen molar-refractivity contribution >= 4 is 11.8 Å². The number of likely N-dealkylation sites (tertiary alicyclic amines) is 2. The number of hydrogen-bond acceptors (Lipinski definition) is 4. The van der Waals surface area contributed by atoms with E-state index in [2.05, 4.69) is 6.58 Å². The Morgan fingerprint density at radius 1 is 1.07 bits per heavy atom. The van der Waals surface area contributed by atoms with Gasteiger partial charge < -0.3 is 19.3 Å². The molecule has 0 N–H and O–H groups in total. The van der Waals surface area contributed by atoms with Crippen molar-refractivity contribution < 1.29 is 19.1 Å². The van der Waals surface area contributed by atoms with Crippen LogP contribution < -0.4 is 9.47 Å². The van der Waals surface area contributed by atoms with Crippen LogP contribution in [0.4, 0.5) is 0 Å². The number of hydrogen-bond donors (Lipinski definition) is 0. The third-order valence-corrected chi connectivity index (χ3v) is 5.57. The van der Waals surface area contributed by atoms with Gasteiger partial charge in [0, 0.05) is 37.7 Å². The normalized spacial score (nSPS) is 17.9. The predicted molar refractivity (Wildman–Crippen MR) is 108 cm³/mol. The molecule has 2 amide bonds. The maximum Gasteiger partial charge on any atom is 0.253 e. The summed E-state index contributed by atoms with van der Waals surface area (Å²) >= 11 is 0. The van der Waals surface area contributed by atoms with Gasteiger partial charge in [0.1, 0.15) is 6.61 Å². The summed E-state index contributed by atoms with van der Waals surface area (Å²) in [4.78, 5) is 29.4. The van der Waals surface area contributed by atoms with E-state index in [9.17, 15) is 9.59 Å². The molecule has 0 atom stereocenters. The van der Waals surface area contributed by atoms with E-state index >= 15 is 0 Å². The Bertz CT molecular complexity index is 704. The average Bonchev–Trinajstić information content (AvgIpc) is 2.77. The Labute approximate surface area is 167 Å². The van der Waals surface area contributed by atoms with Gasteiger partial charge in [0.15, 0.2) is 11.5 Å². The summed E-state index contributed by atoms with van der Waals surface area (Å²) in [6.07, 6.45) is 6.57. The zero-order valence-electron chi connectivity index (χ0n) is 16.7. The highest BCUT2D eigenvalue weighted by molar-refractivity contribution is 5.95. The van der Waals surface area contributed by atoms with Crippen LogP contribution in [0.3, 0.4) is 0 Å². The van der Waals surface area contributed by atoms with Crippen molar-refractivity contribution in [2.75, 3.05) is 39.9 Å². The first-order chi connectivity index (χ1) is 13.6. The topological polar surface area (TPSA) is 59.1 Å². The molecule has 3 rings (SSSR count). The molecule has 0 unspecified atom stereocenters. The first-order valence-corrected chi connectivity index (χ1v) is 10.1. The van der Waals surface area contributed by atoms with E-state index in [1.165, 1.54) is 6.42 Å². The number of piperidine rings is 2. The molecule has 2 aliphatic rings. The highest BCUT2D eigenvalue weighted by Crippen LogP contribution is 2.29. The SMILES string of the molecule is C=CCOc1ccc(C(=O)N2CCC(C(=O)N3CCCCC3)CC2)cc1OC. The molecule has 28 heavy (non-hydrogen) atoms. The van der Waals surface area contributed by atoms with Gasteiger partial charge in [0.25, 0.3) is 5.91 Å². The lowest BCUT2D eigenvalue weighted by molar-refractivity contribution is -0.137. The van der Waals surface area contributed by atoms with E-state index in [0.717, 1.165) is 38.8 Å². The standard InChI is InChI=1S/C22H30N2O4/c1-3-15-28-19-8-7-18(16-20(19)27-2)22(26)24-13-9-17(10-14-24)21(25)23-11-5-4-6-12-23/h3,7-8,16-17H,1,4-6,9-15H2,2H3. The van der Waals surface area contributed by atoms with Crippen LogP contribution in [0.5, 0.6) is 11.5 Å². The number of carbonyl (C=O) groups is 2. The van der Waals surface area contributed by atoms with Crippen LogP contribution in [0.2, 0.25) is 0 Å². The molecule has 0 aliphatic carbocycles. The molecule has 1 aromatic carbocycles. The van der Waals surface area contributed by atoms with Crippen molar-refractivity contribution in [3.8, 4) is 11.5 Å². The van der Waals surface area contributed by atoms with E-state index in [-0.39, 0.29) is 17.7 Å². The number of nitrogens with zero attached hydrogens (tertiary/aromatic N) is 2. The van der Waals surface area contributed by atoms with Gasteiger partial charge in [-0.15, -0.1) is 0 Å². The summed E-state index contributed by atoms with van der Waals surface area (Å²) in [5.74, 6) is 1.41. The molecule has 6 heteroatoms. The number of ether oxygens (including phenoxy) is 2. The third kappa shape index (κ3) is 4.66. The Balaban J connectivity index is 1.58. The molecule has 1 aromatic rings. The maximum atomic E-state index is 12.9. The molecule has 0 spiro atoms. The molecule has 0 bridgehead atoms. The highest BCUT2D eigenvalue weighted by atomic mass is 16.5. The lowest BCUT2D eigenvalue weighted by Gasteiger charge is -2.35. The Morgan fingerprint density at radius 2 is 1.79 bits per heavy atom. The van der Waals surface area contributed by atoms with Crippen LogP contribution in [0, 0.1) is 5.92 Å². The zero-order chi connectivity index (χ0) is 19.9. The van der Waals surface area contributed by atoms with Gasteiger partial charge in [-0.1, -0.05) is 12.7 Å². The van der Waals surface area contributed by atoms with E-state index in [1.807, 2.05) is 9.80 Å². The molecule has 2 aliphatic heterocycles. The molecule has 2 saturated heterocycles. The molecule has 6 nitrogen and oxygen atoms in total. The van der Waals surface area contributed by atoms with Gasteiger partial charge in [0.2, 0.25) is 5.91 Å². The van der Waals surface area contributed by atoms with Gasteiger partial charge in [0.05, 0.1) is 7.11 Å². The second kappa shape index (κ2) is 9.62. The molecule has 152 valence electrons. The van der Waals surface area contributed by atoms with Crippen molar-refractivity contribution in [2.45, 2.75) is 32.1 Å². The highest BCUT2D eigenvalue weighted by Gasteiger charge is 2.31. The van der Waals surface area contributed by atoms with Crippen molar-refractivity contribution in [3.63, 3.8) is 0 Å². The van der Waals surface area contributed by atoms with E-state index in [0.29, 0.717) is 36.8 Å². The lowest BCUT2D eigenvalue weighted by atomic mass is 9.94. The van der Waals surface area contributed by atoms with Crippen molar-refractivity contribution in [2.24, 2.45) is 5.92 Å². The fraction of sp³-hybridized carbons (Fsp3) is 0.545. The van der Waals surface area contributed by atoms with Crippen LogP contribution in [0.25, 0.3) is 0 Å². The summed E-state index contributed by atoms with van der Waals surface area (Å²) in [7, 11) is 1.56. The summed E-state index contributed by atoms with van der Waals surface area (Å²) in [5, 5.41) is 0. The molecule has 2 heterocycles. The second-order valence-electron chi connectivity index (χ2n) is 7.42. The van der Waals surface area contributed by atoms with Crippen molar-refractivity contribution in [1.82, 2.24) is 9.80 Å². The minimum atomic E-state index is -0.0301. The Hall–Kier alpha value is -2.50. The van der Waals surface area contributed by atoms with Crippen LogP contribution >= 0.6 is 0 Å². The van der Waals surface area contributed by atoms with Crippen molar-refractivity contribution in [1.29, 1.82) is 0 Å². The van der Waals surface area contributed by atoms with E-state index in [4.69, 9.17) is 9.47 Å². The Morgan fingerprint density at radius 3 is 2.43 bits per heavy atom. The fourth-order valence-corrected chi connectivity index (χ4v) is 3.95. The summed E-state index contributed by atoms with van der Waals surface area (Å²) in [5.41, 5.74) is 0.573. The van der Waals surface area contributed by atoms with Crippen LogP contribution in [0.15, 0.2) is 30.9 Å². The molecule has 0 saturated carbocycles. The minimum Gasteiger partial charge on any atom is -0.493 e. The van der Waals surface area contributed by atoms with Gasteiger partial charge in [-0.25, -0.2) is 0 Å². The van der Waals surface area contributed by atoms with Crippen LogP contribution in [0.1, 0.15) is 42.5 Å². The summed E-state index contributed by atoms with van der Waals surface area (Å²) < 4.78 is 10.9. The largest absolute Gasteiger partial charge is 0.493 e. The van der Waals surface area contributed by atoms with Gasteiger partial charge in [-0.2, -0.15) is 0 Å². The zero-order valence-corrected chi connectivity index (χ0v) is 16.7. The summed E-state index contributed by atoms with van der Waals surface area (Å²) in [6, 6.07) is 5.22.